The van der Waals surface area contributed by atoms with Crippen LogP contribution in [0.25, 0.3) is 38.6 Å². The zero-order valence-corrected chi connectivity index (χ0v) is 25.6. The second-order valence-corrected chi connectivity index (χ2v) is 11.6. The maximum absolute atomic E-state index is 10.4. The highest BCUT2D eigenvalue weighted by atomic mass is 16.4. The molecule has 228 valence electrons. The van der Waals surface area contributed by atoms with Gasteiger partial charge in [0, 0.05) is 16.8 Å². The standard InChI is InChI=1S/C39H32N2O5/c1-21-6-4-5-7-33(21)41-23(3)31-15-13-28(19-32(31)30-14-8-24(20-40)16-22(30)2)26-9-10-27-18-29(12-11-25(27)17-26)34-35(42)37(44)39(46)38(45)36(34)43/h4-7,9-13,15-19,42-46H,8,14H2,1-3H3. The Morgan fingerprint density at radius 3 is 1.93 bits per heavy atom. The van der Waals surface area contributed by atoms with Gasteiger partial charge in [0.1, 0.15) is 0 Å². The molecule has 7 nitrogen and oxygen atoms in total. The van der Waals surface area contributed by atoms with Crippen LogP contribution in [0, 0.1) is 18.3 Å². The number of nitriles is 1. The number of para-hydroxylation sites is 1. The molecule has 0 bridgehead atoms. The molecule has 0 aliphatic heterocycles. The molecule has 6 rings (SSSR count). The summed E-state index contributed by atoms with van der Waals surface area (Å²) in [6.07, 6.45) is 3.41. The SMILES string of the molecule is CC(=Nc1ccccc1C)c1ccc(-c2ccc3cc(-c4c(O)c(O)c(O)c(O)c4O)ccc3c2)cc1C1=C(C)C=C(C#N)CC1. The maximum Gasteiger partial charge on any atom is 0.208 e. The van der Waals surface area contributed by atoms with E-state index in [0.29, 0.717) is 12.0 Å². The van der Waals surface area contributed by atoms with Crippen LogP contribution in [0.3, 0.4) is 0 Å². The van der Waals surface area contributed by atoms with E-state index in [4.69, 9.17) is 4.99 Å². The minimum Gasteiger partial charge on any atom is -0.504 e. The number of hydrogen-bond acceptors (Lipinski definition) is 7. The van der Waals surface area contributed by atoms with E-state index < -0.39 is 28.7 Å². The van der Waals surface area contributed by atoms with Gasteiger partial charge in [-0.25, -0.2) is 0 Å². The zero-order valence-electron chi connectivity index (χ0n) is 25.6. The third kappa shape index (κ3) is 5.31. The van der Waals surface area contributed by atoms with Crippen molar-refractivity contribution in [2.45, 2.75) is 33.6 Å². The van der Waals surface area contributed by atoms with Gasteiger partial charge in [-0.1, -0.05) is 54.6 Å². The Kier molecular flexibility index (Phi) is 7.73. The molecule has 5 aromatic carbocycles. The van der Waals surface area contributed by atoms with Crippen LogP contribution >= 0.6 is 0 Å². The quantitative estimate of drug-likeness (QED) is 0.0766. The Morgan fingerprint density at radius 2 is 1.28 bits per heavy atom. The molecule has 5 aromatic rings. The first-order valence-corrected chi connectivity index (χ1v) is 14.9. The van der Waals surface area contributed by atoms with Crippen LogP contribution in [0.4, 0.5) is 5.69 Å². The van der Waals surface area contributed by atoms with E-state index >= 15 is 0 Å². The fourth-order valence-corrected chi connectivity index (χ4v) is 6.07. The topological polar surface area (TPSA) is 137 Å². The third-order valence-corrected chi connectivity index (χ3v) is 8.63. The largest absolute Gasteiger partial charge is 0.504 e. The van der Waals surface area contributed by atoms with E-state index in [-0.39, 0.29) is 5.56 Å². The summed E-state index contributed by atoms with van der Waals surface area (Å²) in [6.45, 7) is 6.12. The highest BCUT2D eigenvalue weighted by molar-refractivity contribution is 6.05. The molecule has 0 saturated carbocycles. The number of hydrogen-bond donors (Lipinski definition) is 5. The second-order valence-electron chi connectivity index (χ2n) is 11.6. The second kappa shape index (κ2) is 11.8. The summed E-state index contributed by atoms with van der Waals surface area (Å²) in [7, 11) is 0. The Labute approximate surface area is 266 Å². The van der Waals surface area contributed by atoms with Crippen molar-refractivity contribution in [3.05, 3.63) is 113 Å². The predicted molar refractivity (Wildman–Crippen MR) is 182 cm³/mol. The normalized spacial score (nSPS) is 13.5. The first-order valence-electron chi connectivity index (χ1n) is 14.9. The lowest BCUT2D eigenvalue weighted by Crippen LogP contribution is -2.05. The Morgan fingerprint density at radius 1 is 0.696 bits per heavy atom. The number of rotatable bonds is 5. The van der Waals surface area contributed by atoms with Gasteiger partial charge in [0.05, 0.1) is 17.3 Å². The summed E-state index contributed by atoms with van der Waals surface area (Å²) >= 11 is 0. The van der Waals surface area contributed by atoms with Crippen molar-refractivity contribution < 1.29 is 25.5 Å². The summed E-state index contributed by atoms with van der Waals surface area (Å²) < 4.78 is 0. The molecule has 0 fully saturated rings. The highest BCUT2D eigenvalue weighted by Gasteiger charge is 2.24. The van der Waals surface area contributed by atoms with Crippen molar-refractivity contribution in [3.8, 4) is 57.1 Å². The number of aliphatic imine (C=N–C) groups is 1. The molecule has 0 saturated heterocycles. The van der Waals surface area contributed by atoms with Crippen LogP contribution in [0.1, 0.15) is 43.4 Å². The van der Waals surface area contributed by atoms with Gasteiger partial charge in [-0.05, 0) is 114 Å². The van der Waals surface area contributed by atoms with E-state index in [9.17, 15) is 30.8 Å². The molecule has 46 heavy (non-hydrogen) atoms. The molecule has 0 heterocycles. The fraction of sp³-hybridized carbons (Fsp3) is 0.128. The lowest BCUT2D eigenvalue weighted by molar-refractivity contribution is 0.330. The van der Waals surface area contributed by atoms with Crippen molar-refractivity contribution in [1.29, 1.82) is 5.26 Å². The summed E-state index contributed by atoms with van der Waals surface area (Å²) in [4.78, 5) is 4.99. The smallest absolute Gasteiger partial charge is 0.208 e. The van der Waals surface area contributed by atoms with Gasteiger partial charge in [-0.3, -0.25) is 4.99 Å². The lowest BCUT2D eigenvalue weighted by Gasteiger charge is -2.20. The Balaban J connectivity index is 1.45. The van der Waals surface area contributed by atoms with Crippen LogP contribution in [0.5, 0.6) is 28.7 Å². The summed E-state index contributed by atoms with van der Waals surface area (Å²) in [6, 6.07) is 27.9. The Bertz CT molecular complexity index is 2170. The molecule has 1 aliphatic rings. The van der Waals surface area contributed by atoms with Gasteiger partial charge in [0.2, 0.25) is 17.2 Å². The number of aromatic hydroxyl groups is 5. The number of phenolic OH excluding ortho intramolecular Hbond substituents is 5. The maximum atomic E-state index is 10.4. The average Bonchev–Trinajstić information content (AvgIpc) is 3.07. The summed E-state index contributed by atoms with van der Waals surface area (Å²) in [5.74, 6) is -4.29. The minimum absolute atomic E-state index is 0.188. The van der Waals surface area contributed by atoms with Crippen molar-refractivity contribution in [2.24, 2.45) is 4.99 Å². The van der Waals surface area contributed by atoms with Crippen LogP contribution in [0.15, 0.2) is 101 Å². The Hall–Kier alpha value is -6.00. The lowest BCUT2D eigenvalue weighted by atomic mass is 9.84. The van der Waals surface area contributed by atoms with E-state index in [2.05, 4.69) is 24.3 Å². The monoisotopic (exact) mass is 608 g/mol. The van der Waals surface area contributed by atoms with E-state index in [1.165, 1.54) is 5.57 Å². The summed E-state index contributed by atoms with van der Waals surface area (Å²) in [5, 5.41) is 61.9. The van der Waals surface area contributed by atoms with Crippen molar-refractivity contribution >= 4 is 27.7 Å². The third-order valence-electron chi connectivity index (χ3n) is 8.63. The van der Waals surface area contributed by atoms with Crippen LogP contribution in [0.2, 0.25) is 0 Å². The van der Waals surface area contributed by atoms with E-state index in [0.717, 1.165) is 67.6 Å². The zero-order chi connectivity index (χ0) is 32.7. The van der Waals surface area contributed by atoms with Crippen molar-refractivity contribution in [2.75, 3.05) is 0 Å². The number of benzene rings is 5. The molecule has 0 unspecified atom stereocenters. The molecule has 5 N–H and O–H groups in total. The number of nitrogens with zero attached hydrogens (tertiary/aromatic N) is 2. The predicted octanol–water partition coefficient (Wildman–Crippen LogP) is 9.17. The summed E-state index contributed by atoms with van der Waals surface area (Å²) in [5.41, 5.74) is 10.2. The van der Waals surface area contributed by atoms with E-state index in [1.807, 2.05) is 75.4 Å². The van der Waals surface area contributed by atoms with Gasteiger partial charge in [-0.15, -0.1) is 0 Å². The minimum atomic E-state index is -0.994. The molecule has 0 amide bonds. The number of phenols is 5. The molecular weight excluding hydrogens is 576 g/mol. The molecule has 1 aliphatic carbocycles. The van der Waals surface area contributed by atoms with Gasteiger partial charge in [0.15, 0.2) is 11.5 Å². The van der Waals surface area contributed by atoms with Crippen LogP contribution in [-0.4, -0.2) is 31.2 Å². The fourth-order valence-electron chi connectivity index (χ4n) is 6.07. The molecule has 0 radical (unpaired) electrons. The molecule has 0 aromatic heterocycles. The first-order chi connectivity index (χ1) is 22.1. The van der Waals surface area contributed by atoms with Crippen LogP contribution in [-0.2, 0) is 0 Å². The highest BCUT2D eigenvalue weighted by Crippen LogP contribution is 2.55. The molecule has 7 heteroatoms. The molecule has 0 atom stereocenters. The molecule has 0 spiro atoms. The molecular formula is C39H32N2O5. The van der Waals surface area contributed by atoms with E-state index in [1.54, 1.807) is 12.1 Å². The van der Waals surface area contributed by atoms with Crippen molar-refractivity contribution in [1.82, 2.24) is 0 Å². The first kappa shape index (κ1) is 30.0. The number of aryl methyl sites for hydroxylation is 1. The van der Waals surface area contributed by atoms with Gasteiger partial charge in [-0.2, -0.15) is 5.26 Å². The van der Waals surface area contributed by atoms with Gasteiger partial charge in [0.25, 0.3) is 0 Å². The van der Waals surface area contributed by atoms with Crippen LogP contribution < -0.4 is 0 Å². The number of allylic oxidation sites excluding steroid dienone is 4. The average molecular weight is 609 g/mol. The van der Waals surface area contributed by atoms with Gasteiger partial charge >= 0.3 is 0 Å². The number of fused-ring (bicyclic) bond motifs is 1. The van der Waals surface area contributed by atoms with Gasteiger partial charge < -0.3 is 25.5 Å². The van der Waals surface area contributed by atoms with Crippen molar-refractivity contribution in [3.63, 3.8) is 0 Å².